The van der Waals surface area contributed by atoms with Crippen molar-refractivity contribution in [2.24, 2.45) is 0 Å². The largest absolute Gasteiger partial charge is 0.485 e. The zero-order valence-electron chi connectivity index (χ0n) is 11.1. The Bertz CT molecular complexity index is 878. The van der Waals surface area contributed by atoms with Crippen LogP contribution in [0.2, 0.25) is 0 Å². The van der Waals surface area contributed by atoms with Gasteiger partial charge in [0.25, 0.3) is 5.78 Å². The smallest absolute Gasteiger partial charge is 0.304 e. The molecule has 0 radical (unpaired) electrons. The number of fused-ring (bicyclic) bond motifs is 2. The summed E-state index contributed by atoms with van der Waals surface area (Å²) in [6.07, 6.45) is 1.94. The third kappa shape index (κ3) is 1.91. The number of benzene rings is 1. The summed E-state index contributed by atoms with van der Waals surface area (Å²) in [6.45, 7) is 0.237. The number of hydrogen-bond acceptors (Lipinski definition) is 7. The lowest BCUT2D eigenvalue weighted by Gasteiger charge is -2.25. The highest BCUT2D eigenvalue weighted by Crippen LogP contribution is 2.35. The normalized spacial score (nSPS) is 16.6. The van der Waals surface area contributed by atoms with Crippen LogP contribution in [0.5, 0.6) is 11.5 Å². The average molecular weight is 299 g/mol. The molecule has 0 saturated heterocycles. The topological polar surface area (TPSA) is 105 Å². The molecule has 0 bridgehead atoms. The third-order valence-electron chi connectivity index (χ3n) is 3.29. The molecule has 4 rings (SSSR count). The second-order valence-electron chi connectivity index (χ2n) is 4.66. The zero-order chi connectivity index (χ0) is 15.1. The Kier molecular flexibility index (Phi) is 2.65. The van der Waals surface area contributed by atoms with Crippen LogP contribution in [-0.4, -0.2) is 31.1 Å². The average Bonchev–Trinajstić information content (AvgIpc) is 2.97. The first-order valence-corrected chi connectivity index (χ1v) is 6.46. The van der Waals surface area contributed by atoms with E-state index in [-0.39, 0.29) is 18.1 Å². The Hall–Kier alpha value is -3.23. The molecule has 0 spiro atoms. The molecule has 0 unspecified atom stereocenters. The van der Waals surface area contributed by atoms with Gasteiger partial charge < -0.3 is 9.47 Å². The zero-order valence-corrected chi connectivity index (χ0v) is 11.1. The van der Waals surface area contributed by atoms with Gasteiger partial charge in [0.2, 0.25) is 0 Å². The monoisotopic (exact) mass is 299 g/mol. The fourth-order valence-corrected chi connectivity index (χ4v) is 2.26. The Morgan fingerprint density at radius 2 is 2.09 bits per heavy atom. The van der Waals surface area contributed by atoms with Crippen molar-refractivity contribution in [1.82, 2.24) is 19.6 Å². The summed E-state index contributed by atoms with van der Waals surface area (Å²) in [6, 6.07) is 7.27. The van der Waals surface area contributed by atoms with Crippen molar-refractivity contribution >= 4 is 11.5 Å². The molecule has 0 fully saturated rings. The lowest BCUT2D eigenvalue weighted by Crippen LogP contribution is -2.23. The van der Waals surface area contributed by atoms with Crippen LogP contribution in [0.4, 0.5) is 5.69 Å². The number of ether oxygens (including phenoxy) is 2. The molecule has 110 valence electrons. The molecule has 9 heteroatoms. The van der Waals surface area contributed by atoms with Crippen LogP contribution >= 0.6 is 0 Å². The van der Waals surface area contributed by atoms with E-state index in [1.807, 2.05) is 12.1 Å². The fraction of sp³-hybridized carbons (Fsp3) is 0.154. The SMILES string of the molecule is O=[N+]([O-])c1cnc2nnc([C@@H]3COc4ccccc4O3)n2c1. The third-order valence-corrected chi connectivity index (χ3v) is 3.29. The highest BCUT2D eigenvalue weighted by atomic mass is 16.6. The summed E-state index contributed by atoms with van der Waals surface area (Å²) < 4.78 is 12.9. The molecule has 0 saturated carbocycles. The Morgan fingerprint density at radius 1 is 1.27 bits per heavy atom. The van der Waals surface area contributed by atoms with Gasteiger partial charge in [-0.15, -0.1) is 10.2 Å². The number of hydrogen-bond donors (Lipinski definition) is 0. The first kappa shape index (κ1) is 12.5. The van der Waals surface area contributed by atoms with E-state index in [1.165, 1.54) is 10.6 Å². The van der Waals surface area contributed by atoms with Crippen LogP contribution < -0.4 is 9.47 Å². The van der Waals surface area contributed by atoms with Gasteiger partial charge in [-0.1, -0.05) is 12.1 Å². The van der Waals surface area contributed by atoms with Crippen molar-refractivity contribution in [2.75, 3.05) is 6.61 Å². The summed E-state index contributed by atoms with van der Waals surface area (Å²) >= 11 is 0. The van der Waals surface area contributed by atoms with E-state index in [0.29, 0.717) is 17.3 Å². The Labute approximate surface area is 123 Å². The van der Waals surface area contributed by atoms with Gasteiger partial charge in [0.05, 0.1) is 11.1 Å². The van der Waals surface area contributed by atoms with Crippen LogP contribution in [0.25, 0.3) is 5.78 Å². The highest BCUT2D eigenvalue weighted by Gasteiger charge is 2.27. The first-order valence-electron chi connectivity index (χ1n) is 6.46. The predicted molar refractivity (Wildman–Crippen MR) is 72.7 cm³/mol. The lowest BCUT2D eigenvalue weighted by molar-refractivity contribution is -0.385. The number of aromatic nitrogens is 4. The number of para-hydroxylation sites is 2. The van der Waals surface area contributed by atoms with E-state index in [9.17, 15) is 10.1 Å². The van der Waals surface area contributed by atoms with Crippen molar-refractivity contribution in [2.45, 2.75) is 6.10 Å². The van der Waals surface area contributed by atoms with Crippen LogP contribution in [0.1, 0.15) is 11.9 Å². The number of rotatable bonds is 2. The maximum Gasteiger partial charge on any atom is 0.304 e. The molecule has 0 N–H and O–H groups in total. The minimum atomic E-state index is -0.524. The lowest BCUT2D eigenvalue weighted by atomic mass is 10.2. The van der Waals surface area contributed by atoms with Crippen molar-refractivity contribution < 1.29 is 14.4 Å². The van der Waals surface area contributed by atoms with Crippen molar-refractivity contribution in [3.8, 4) is 11.5 Å². The fourth-order valence-electron chi connectivity index (χ4n) is 2.26. The van der Waals surface area contributed by atoms with Crippen LogP contribution in [0.3, 0.4) is 0 Å². The van der Waals surface area contributed by atoms with E-state index in [1.54, 1.807) is 12.1 Å². The van der Waals surface area contributed by atoms with E-state index < -0.39 is 11.0 Å². The number of nitro groups is 1. The molecule has 0 amide bonds. The van der Waals surface area contributed by atoms with Gasteiger partial charge in [-0.2, -0.15) is 0 Å². The first-order chi connectivity index (χ1) is 10.7. The van der Waals surface area contributed by atoms with Gasteiger partial charge >= 0.3 is 5.69 Å². The summed E-state index contributed by atoms with van der Waals surface area (Å²) in [5, 5.41) is 18.8. The van der Waals surface area contributed by atoms with Gasteiger partial charge in [-0.3, -0.25) is 14.5 Å². The summed E-state index contributed by atoms with van der Waals surface area (Å²) in [7, 11) is 0. The second-order valence-corrected chi connectivity index (χ2v) is 4.66. The highest BCUT2D eigenvalue weighted by molar-refractivity contribution is 5.41. The maximum atomic E-state index is 10.9. The molecule has 22 heavy (non-hydrogen) atoms. The molecule has 3 heterocycles. The molecule has 0 aliphatic carbocycles. The van der Waals surface area contributed by atoms with Gasteiger partial charge in [0, 0.05) is 0 Å². The molecule has 2 aromatic heterocycles. The van der Waals surface area contributed by atoms with Crippen LogP contribution in [0, 0.1) is 10.1 Å². The van der Waals surface area contributed by atoms with E-state index in [2.05, 4.69) is 15.2 Å². The van der Waals surface area contributed by atoms with E-state index in [0.717, 1.165) is 6.20 Å². The molecule has 1 aromatic carbocycles. The summed E-state index contributed by atoms with van der Waals surface area (Å²) in [5.41, 5.74) is -0.148. The van der Waals surface area contributed by atoms with E-state index >= 15 is 0 Å². The van der Waals surface area contributed by atoms with Crippen LogP contribution in [0.15, 0.2) is 36.7 Å². The van der Waals surface area contributed by atoms with Crippen molar-refractivity contribution in [3.05, 3.63) is 52.6 Å². The van der Waals surface area contributed by atoms with Crippen molar-refractivity contribution in [3.63, 3.8) is 0 Å². The van der Waals surface area contributed by atoms with Gasteiger partial charge in [0.15, 0.2) is 23.4 Å². The van der Waals surface area contributed by atoms with Gasteiger partial charge in [-0.25, -0.2) is 4.98 Å². The molecule has 1 aliphatic heterocycles. The molecule has 1 atom stereocenters. The summed E-state index contributed by atoms with van der Waals surface area (Å²) in [5.74, 6) is 1.91. The minimum Gasteiger partial charge on any atom is -0.485 e. The predicted octanol–water partition coefficient (Wildman–Crippen LogP) is 1.54. The second kappa shape index (κ2) is 4.65. The molecule has 3 aromatic rings. The number of nitrogens with zero attached hydrogens (tertiary/aromatic N) is 5. The Morgan fingerprint density at radius 3 is 2.91 bits per heavy atom. The van der Waals surface area contributed by atoms with Crippen LogP contribution in [-0.2, 0) is 0 Å². The van der Waals surface area contributed by atoms with Gasteiger partial charge in [0.1, 0.15) is 12.8 Å². The molecule has 1 aliphatic rings. The Balaban J connectivity index is 1.75. The van der Waals surface area contributed by atoms with E-state index in [4.69, 9.17) is 9.47 Å². The standard InChI is InChI=1S/C13H9N5O4/c19-18(20)8-5-14-13-16-15-12(17(13)6-8)11-7-21-9-3-1-2-4-10(9)22-11/h1-6,11H,7H2/t11-/m0/s1. The minimum absolute atomic E-state index is 0.148. The molecule has 9 nitrogen and oxygen atoms in total. The quantitative estimate of drug-likeness (QED) is 0.522. The van der Waals surface area contributed by atoms with Gasteiger partial charge in [-0.05, 0) is 12.1 Å². The summed E-state index contributed by atoms with van der Waals surface area (Å²) in [4.78, 5) is 14.3. The molecular weight excluding hydrogens is 290 g/mol. The maximum absolute atomic E-state index is 10.9. The molecular formula is C13H9N5O4. The van der Waals surface area contributed by atoms with Crippen molar-refractivity contribution in [1.29, 1.82) is 0 Å².